The highest BCUT2D eigenvalue weighted by atomic mass is 32.2. The van der Waals surface area contributed by atoms with E-state index >= 15 is 0 Å². The molecule has 1 N–H and O–H groups in total. The number of hydrogen-bond acceptors (Lipinski definition) is 6. The van der Waals surface area contributed by atoms with Crippen molar-refractivity contribution in [2.45, 2.75) is 39.2 Å². The van der Waals surface area contributed by atoms with Crippen LogP contribution in [0.4, 0.5) is 17.1 Å². The summed E-state index contributed by atoms with van der Waals surface area (Å²) < 4.78 is 31.9. The monoisotopic (exact) mass is 447 g/mol. The molecule has 10 heteroatoms. The summed E-state index contributed by atoms with van der Waals surface area (Å²) in [6.07, 6.45) is -0.0488. The third kappa shape index (κ3) is 4.63. The van der Waals surface area contributed by atoms with E-state index in [2.05, 4.69) is 5.32 Å². The van der Waals surface area contributed by atoms with Crippen molar-refractivity contribution in [2.24, 2.45) is 0 Å². The highest BCUT2D eigenvalue weighted by molar-refractivity contribution is 7.92. The van der Waals surface area contributed by atoms with Gasteiger partial charge in [-0.2, -0.15) is 0 Å². The first kappa shape index (κ1) is 22.5. The maximum atomic E-state index is 12.9. The number of sulfonamides is 1. The molecule has 2 aromatic rings. The van der Waals surface area contributed by atoms with Crippen LogP contribution in [-0.4, -0.2) is 38.2 Å². The van der Waals surface area contributed by atoms with Crippen molar-refractivity contribution >= 4 is 33.0 Å². The molecule has 0 spiro atoms. The second-order valence-corrected chi connectivity index (χ2v) is 10.4. The molecule has 0 saturated heterocycles. The summed E-state index contributed by atoms with van der Waals surface area (Å²) in [6.45, 7) is 7.36. The first-order valence-corrected chi connectivity index (χ1v) is 11.5. The van der Waals surface area contributed by atoms with Crippen LogP contribution in [-0.2, 0) is 20.2 Å². The third-order valence-electron chi connectivity index (χ3n) is 5.15. The van der Waals surface area contributed by atoms with Crippen molar-refractivity contribution in [3.8, 4) is 5.75 Å². The van der Waals surface area contributed by atoms with Crippen molar-refractivity contribution < 1.29 is 22.9 Å². The van der Waals surface area contributed by atoms with Gasteiger partial charge in [0.05, 0.1) is 34.7 Å². The molecule has 3 rings (SSSR count). The molecule has 0 saturated carbocycles. The molecule has 1 aliphatic heterocycles. The van der Waals surface area contributed by atoms with Gasteiger partial charge in [-0.15, -0.1) is 0 Å². The number of nitro benzene ring substituents is 1. The molecule has 0 bridgehead atoms. The van der Waals surface area contributed by atoms with Crippen LogP contribution < -0.4 is 14.4 Å². The fraction of sp³-hybridized carbons (Fsp3) is 0.381. The average molecular weight is 448 g/mol. The van der Waals surface area contributed by atoms with Gasteiger partial charge in [-0.3, -0.25) is 19.2 Å². The number of fused-ring (bicyclic) bond motifs is 1. The average Bonchev–Trinajstić information content (AvgIpc) is 2.66. The van der Waals surface area contributed by atoms with E-state index in [1.807, 2.05) is 26.8 Å². The largest absolute Gasteiger partial charge is 0.476 e. The Kier molecular flexibility index (Phi) is 5.70. The molecule has 0 radical (unpaired) electrons. The fourth-order valence-corrected chi connectivity index (χ4v) is 4.24. The topological polar surface area (TPSA) is 119 Å². The van der Waals surface area contributed by atoms with E-state index in [1.54, 1.807) is 18.2 Å². The van der Waals surface area contributed by atoms with Crippen molar-refractivity contribution in [3.05, 3.63) is 57.6 Å². The SMILES string of the molecule is Cc1c(NC(=O)C2CN(S(C)(=O)=O)c3cc(C(C)(C)C)ccc3O2)cccc1[N+](=O)[O-]. The lowest BCUT2D eigenvalue weighted by molar-refractivity contribution is -0.385. The Morgan fingerprint density at radius 3 is 2.52 bits per heavy atom. The van der Waals surface area contributed by atoms with E-state index in [-0.39, 0.29) is 29.1 Å². The van der Waals surface area contributed by atoms with Gasteiger partial charge in [0.25, 0.3) is 11.6 Å². The molecular formula is C21H25N3O6S. The number of nitrogens with zero attached hydrogens (tertiary/aromatic N) is 2. The lowest BCUT2D eigenvalue weighted by Gasteiger charge is -2.35. The zero-order valence-electron chi connectivity index (χ0n) is 18.0. The second kappa shape index (κ2) is 7.84. The predicted octanol–water partition coefficient (Wildman–Crippen LogP) is 3.37. The molecule has 0 fully saturated rings. The Morgan fingerprint density at radius 1 is 1.26 bits per heavy atom. The quantitative estimate of drug-likeness (QED) is 0.567. The number of hydrogen-bond donors (Lipinski definition) is 1. The molecule has 0 aromatic heterocycles. The maximum Gasteiger partial charge on any atom is 0.274 e. The molecule has 1 heterocycles. The van der Waals surface area contributed by atoms with E-state index < -0.39 is 27.0 Å². The van der Waals surface area contributed by atoms with Gasteiger partial charge in [0.1, 0.15) is 5.75 Å². The van der Waals surface area contributed by atoms with Crippen LogP contribution in [0, 0.1) is 17.0 Å². The predicted molar refractivity (Wildman–Crippen MR) is 118 cm³/mol. The number of carbonyl (C=O) groups is 1. The minimum Gasteiger partial charge on any atom is -0.476 e. The molecular weight excluding hydrogens is 422 g/mol. The minimum atomic E-state index is -3.68. The normalized spacial score (nSPS) is 16.3. The minimum absolute atomic E-state index is 0.125. The standard InChI is InChI=1S/C21H25N3O6S/c1-13-15(7-6-8-16(13)24(26)27)22-20(25)19-12-23(31(5,28)29)17-11-14(21(2,3)4)9-10-18(17)30-19/h6-11,19H,12H2,1-5H3,(H,22,25). The Hall–Kier alpha value is -3.14. The summed E-state index contributed by atoms with van der Waals surface area (Å²) in [6, 6.07) is 9.61. The van der Waals surface area contributed by atoms with Crippen LogP contribution in [0.2, 0.25) is 0 Å². The first-order valence-electron chi connectivity index (χ1n) is 9.63. The van der Waals surface area contributed by atoms with Gasteiger partial charge in [0.15, 0.2) is 6.10 Å². The molecule has 9 nitrogen and oxygen atoms in total. The van der Waals surface area contributed by atoms with E-state index in [1.165, 1.54) is 19.1 Å². The number of nitrogens with one attached hydrogen (secondary N) is 1. The zero-order valence-corrected chi connectivity index (χ0v) is 18.8. The van der Waals surface area contributed by atoms with Gasteiger partial charge >= 0.3 is 0 Å². The molecule has 166 valence electrons. The second-order valence-electron chi connectivity index (χ2n) is 8.53. The smallest absolute Gasteiger partial charge is 0.274 e. The summed E-state index contributed by atoms with van der Waals surface area (Å²) >= 11 is 0. The Bertz CT molecular complexity index is 1150. The van der Waals surface area contributed by atoms with Crippen LogP contribution in [0.15, 0.2) is 36.4 Å². The van der Waals surface area contributed by atoms with Crippen LogP contribution in [0.5, 0.6) is 5.75 Å². The van der Waals surface area contributed by atoms with Gasteiger partial charge in [0.2, 0.25) is 10.0 Å². The van der Waals surface area contributed by atoms with E-state index in [4.69, 9.17) is 4.74 Å². The zero-order chi connectivity index (χ0) is 23.1. The van der Waals surface area contributed by atoms with Gasteiger partial charge < -0.3 is 10.1 Å². The summed E-state index contributed by atoms with van der Waals surface area (Å²) in [7, 11) is -3.68. The highest BCUT2D eigenvalue weighted by Crippen LogP contribution is 2.39. The number of nitro groups is 1. The van der Waals surface area contributed by atoms with Crippen LogP contribution >= 0.6 is 0 Å². The van der Waals surface area contributed by atoms with Gasteiger partial charge in [-0.1, -0.05) is 32.9 Å². The molecule has 2 aromatic carbocycles. The molecule has 1 amide bonds. The Morgan fingerprint density at radius 2 is 1.94 bits per heavy atom. The number of anilines is 2. The molecule has 1 aliphatic rings. The summed E-state index contributed by atoms with van der Waals surface area (Å²) in [5.74, 6) is -0.316. The summed E-state index contributed by atoms with van der Waals surface area (Å²) in [5.41, 5.74) is 1.55. The number of carbonyl (C=O) groups excluding carboxylic acids is 1. The Labute approximate surface area is 181 Å². The Balaban J connectivity index is 1.94. The number of ether oxygens (including phenoxy) is 1. The van der Waals surface area contributed by atoms with Crippen LogP contribution in [0.1, 0.15) is 31.9 Å². The van der Waals surface area contributed by atoms with Crippen molar-refractivity contribution in [1.82, 2.24) is 0 Å². The molecule has 1 atom stereocenters. The van der Waals surface area contributed by atoms with Crippen LogP contribution in [0.25, 0.3) is 0 Å². The first-order chi connectivity index (χ1) is 14.3. The third-order valence-corrected chi connectivity index (χ3v) is 6.29. The fourth-order valence-electron chi connectivity index (χ4n) is 3.34. The lowest BCUT2D eigenvalue weighted by Crippen LogP contribution is -2.48. The van der Waals surface area contributed by atoms with Gasteiger partial charge in [-0.25, -0.2) is 8.42 Å². The van der Waals surface area contributed by atoms with Gasteiger partial charge in [0, 0.05) is 6.07 Å². The highest BCUT2D eigenvalue weighted by Gasteiger charge is 2.36. The molecule has 0 aliphatic carbocycles. The number of rotatable bonds is 4. The lowest BCUT2D eigenvalue weighted by atomic mass is 9.86. The van der Waals surface area contributed by atoms with E-state index in [0.717, 1.165) is 16.1 Å². The maximum absolute atomic E-state index is 12.9. The van der Waals surface area contributed by atoms with E-state index in [9.17, 15) is 23.3 Å². The summed E-state index contributed by atoms with van der Waals surface area (Å²) in [4.78, 5) is 23.5. The number of benzene rings is 2. The van der Waals surface area contributed by atoms with Crippen molar-refractivity contribution in [3.63, 3.8) is 0 Å². The van der Waals surface area contributed by atoms with Gasteiger partial charge in [-0.05, 0) is 36.1 Å². The van der Waals surface area contributed by atoms with Crippen molar-refractivity contribution in [1.29, 1.82) is 0 Å². The number of amides is 1. The van der Waals surface area contributed by atoms with Crippen molar-refractivity contribution in [2.75, 3.05) is 22.4 Å². The summed E-state index contributed by atoms with van der Waals surface area (Å²) in [5, 5.41) is 13.8. The molecule has 1 unspecified atom stereocenters. The van der Waals surface area contributed by atoms with Crippen LogP contribution in [0.3, 0.4) is 0 Å². The molecule has 31 heavy (non-hydrogen) atoms. The van der Waals surface area contributed by atoms with E-state index in [0.29, 0.717) is 11.3 Å².